The van der Waals surface area contributed by atoms with E-state index in [0.29, 0.717) is 10.5 Å². The van der Waals surface area contributed by atoms with Gasteiger partial charge in [0.15, 0.2) is 0 Å². The Morgan fingerprint density at radius 1 is 1.30 bits per heavy atom. The Hall–Kier alpha value is -1.34. The topological polar surface area (TPSA) is 54.3 Å². The van der Waals surface area contributed by atoms with E-state index in [4.69, 9.17) is 11.6 Å². The largest absolute Gasteiger partial charge is 0.314 e. The van der Waals surface area contributed by atoms with E-state index in [0.717, 1.165) is 43.7 Å². The lowest BCUT2D eigenvalue weighted by atomic mass is 10.1. The third-order valence-electron chi connectivity index (χ3n) is 4.03. The van der Waals surface area contributed by atoms with Gasteiger partial charge >= 0.3 is 0 Å². The lowest BCUT2D eigenvalue weighted by Gasteiger charge is -2.27. The molecule has 5 nitrogen and oxygen atoms in total. The molecule has 2 aromatic rings. The Balaban J connectivity index is 1.94. The summed E-state index contributed by atoms with van der Waals surface area (Å²) in [7, 11) is -3.46. The molecule has 0 aliphatic carbocycles. The summed E-state index contributed by atoms with van der Waals surface area (Å²) in [6, 6.07) is 5.79. The summed E-state index contributed by atoms with van der Waals surface area (Å²) in [6.45, 7) is 8.37. The maximum absolute atomic E-state index is 12.3. The Bertz CT molecular complexity index is 823. The third-order valence-corrected chi connectivity index (χ3v) is 5.89. The fraction of sp³-hybridized carbons (Fsp3) is 0.375. The molecule has 1 saturated heterocycles. The molecule has 1 aromatic carbocycles. The fourth-order valence-electron chi connectivity index (χ4n) is 2.89. The molecule has 0 unspecified atom stereocenters. The summed E-state index contributed by atoms with van der Waals surface area (Å²) < 4.78 is 25.8. The molecule has 23 heavy (non-hydrogen) atoms. The minimum atomic E-state index is -3.46. The van der Waals surface area contributed by atoms with Crippen molar-refractivity contribution >= 4 is 32.5 Å². The Kier molecular flexibility index (Phi) is 4.77. The van der Waals surface area contributed by atoms with Crippen LogP contribution in [0.5, 0.6) is 0 Å². The predicted molar refractivity (Wildman–Crippen MR) is 94.5 cm³/mol. The van der Waals surface area contributed by atoms with E-state index < -0.39 is 10.0 Å². The zero-order valence-corrected chi connectivity index (χ0v) is 14.4. The van der Waals surface area contributed by atoms with Crippen molar-refractivity contribution in [2.24, 2.45) is 0 Å². The van der Waals surface area contributed by atoms with Gasteiger partial charge in [-0.2, -0.15) is 0 Å². The van der Waals surface area contributed by atoms with Crippen molar-refractivity contribution in [2.75, 3.05) is 31.9 Å². The normalized spacial score (nSPS) is 16.7. The minimum absolute atomic E-state index is 0.115. The zero-order chi connectivity index (χ0) is 16.4. The molecule has 1 fully saturated rings. The highest BCUT2D eigenvalue weighted by atomic mass is 35.5. The first kappa shape index (κ1) is 16.5. The Morgan fingerprint density at radius 2 is 2.04 bits per heavy atom. The average Bonchev–Trinajstić information content (AvgIpc) is 2.86. The van der Waals surface area contributed by atoms with Gasteiger partial charge in [0, 0.05) is 44.3 Å². The van der Waals surface area contributed by atoms with Crippen molar-refractivity contribution in [3.05, 3.63) is 47.6 Å². The van der Waals surface area contributed by atoms with Crippen LogP contribution in [0.15, 0.2) is 37.1 Å². The molecule has 3 rings (SSSR count). The molecule has 1 N–H and O–H groups in total. The summed E-state index contributed by atoms with van der Waals surface area (Å²) in [6.07, 6.45) is 2.85. The van der Waals surface area contributed by atoms with E-state index in [-0.39, 0.29) is 5.75 Å². The molecule has 0 bridgehead atoms. The van der Waals surface area contributed by atoms with E-state index in [9.17, 15) is 8.42 Å². The van der Waals surface area contributed by atoms with Crippen molar-refractivity contribution in [1.82, 2.24) is 14.2 Å². The second kappa shape index (κ2) is 6.65. The van der Waals surface area contributed by atoms with Gasteiger partial charge in [0.1, 0.15) is 0 Å². The SMILES string of the molecule is C=CCS(=O)(=O)n1cc(Cl)c2cc(CN3CCNCC3)ccc21. The highest BCUT2D eigenvalue weighted by molar-refractivity contribution is 7.90. The van der Waals surface area contributed by atoms with Crippen LogP contribution < -0.4 is 5.32 Å². The molecule has 0 atom stereocenters. The smallest absolute Gasteiger partial charge is 0.242 e. The van der Waals surface area contributed by atoms with Crippen molar-refractivity contribution < 1.29 is 8.42 Å². The predicted octanol–water partition coefficient (Wildman–Crippen LogP) is 2.06. The number of hydrogen-bond donors (Lipinski definition) is 1. The summed E-state index contributed by atoms with van der Waals surface area (Å²) in [5.41, 5.74) is 1.75. The van der Waals surface area contributed by atoms with E-state index in [1.165, 1.54) is 16.2 Å². The number of halogens is 1. The first-order valence-corrected chi connectivity index (χ1v) is 9.57. The van der Waals surface area contributed by atoms with Crippen LogP contribution in [0.4, 0.5) is 0 Å². The van der Waals surface area contributed by atoms with Gasteiger partial charge in [-0.15, -0.1) is 6.58 Å². The first-order valence-electron chi connectivity index (χ1n) is 7.58. The van der Waals surface area contributed by atoms with Crippen molar-refractivity contribution in [1.29, 1.82) is 0 Å². The number of aromatic nitrogens is 1. The molecule has 124 valence electrons. The van der Waals surface area contributed by atoms with Gasteiger partial charge in [0.05, 0.1) is 16.3 Å². The number of rotatable bonds is 5. The lowest BCUT2D eigenvalue weighted by Crippen LogP contribution is -2.42. The highest BCUT2D eigenvalue weighted by Gasteiger charge is 2.18. The monoisotopic (exact) mass is 353 g/mol. The van der Waals surface area contributed by atoms with Crippen LogP contribution in [-0.2, 0) is 16.6 Å². The van der Waals surface area contributed by atoms with E-state index in [2.05, 4.69) is 16.8 Å². The van der Waals surface area contributed by atoms with Crippen LogP contribution >= 0.6 is 11.6 Å². The number of nitrogens with zero attached hydrogens (tertiary/aromatic N) is 2. The van der Waals surface area contributed by atoms with Crippen LogP contribution in [-0.4, -0.2) is 49.2 Å². The van der Waals surface area contributed by atoms with Crippen LogP contribution in [0.2, 0.25) is 5.02 Å². The highest BCUT2D eigenvalue weighted by Crippen LogP contribution is 2.28. The number of hydrogen-bond acceptors (Lipinski definition) is 4. The number of benzene rings is 1. The lowest BCUT2D eigenvalue weighted by molar-refractivity contribution is 0.233. The molecular formula is C16H20ClN3O2S. The van der Waals surface area contributed by atoms with E-state index >= 15 is 0 Å². The van der Waals surface area contributed by atoms with Gasteiger partial charge in [0.2, 0.25) is 10.0 Å². The van der Waals surface area contributed by atoms with Crippen LogP contribution in [0, 0.1) is 0 Å². The summed E-state index contributed by atoms with van der Waals surface area (Å²) in [5, 5.41) is 4.55. The van der Waals surface area contributed by atoms with Gasteiger partial charge in [-0.3, -0.25) is 4.90 Å². The van der Waals surface area contributed by atoms with Crippen molar-refractivity contribution in [2.45, 2.75) is 6.54 Å². The Labute approximate surface area is 141 Å². The summed E-state index contributed by atoms with van der Waals surface area (Å²) in [5.74, 6) is -0.115. The Morgan fingerprint density at radius 3 is 2.74 bits per heavy atom. The molecule has 1 aliphatic rings. The van der Waals surface area contributed by atoms with E-state index in [1.54, 1.807) is 0 Å². The standard InChI is InChI=1S/C16H20ClN3O2S/c1-2-9-23(21,22)20-12-15(17)14-10-13(3-4-16(14)20)11-19-7-5-18-6-8-19/h2-4,10,12,18H,1,5-9,11H2. The maximum Gasteiger partial charge on any atom is 0.242 e. The van der Waals surface area contributed by atoms with Crippen molar-refractivity contribution in [3.8, 4) is 0 Å². The van der Waals surface area contributed by atoms with Gasteiger partial charge in [0.25, 0.3) is 0 Å². The molecule has 2 heterocycles. The number of nitrogens with one attached hydrogen (secondary N) is 1. The van der Waals surface area contributed by atoms with Crippen LogP contribution in [0.1, 0.15) is 5.56 Å². The number of piperazine rings is 1. The van der Waals surface area contributed by atoms with Gasteiger partial charge < -0.3 is 5.32 Å². The second-order valence-corrected chi connectivity index (χ2v) is 8.02. The number of fused-ring (bicyclic) bond motifs is 1. The van der Waals surface area contributed by atoms with Crippen LogP contribution in [0.25, 0.3) is 10.9 Å². The molecule has 0 saturated carbocycles. The van der Waals surface area contributed by atoms with Gasteiger partial charge in [-0.1, -0.05) is 23.7 Å². The molecular weight excluding hydrogens is 334 g/mol. The summed E-state index contributed by atoms with van der Waals surface area (Å²) in [4.78, 5) is 2.37. The molecule has 0 amide bonds. The van der Waals surface area contributed by atoms with Crippen LogP contribution in [0.3, 0.4) is 0 Å². The second-order valence-electron chi connectivity index (χ2n) is 5.72. The molecule has 0 spiro atoms. The third kappa shape index (κ3) is 3.45. The quantitative estimate of drug-likeness (QED) is 0.836. The van der Waals surface area contributed by atoms with Crippen molar-refractivity contribution in [3.63, 3.8) is 0 Å². The molecule has 1 aromatic heterocycles. The molecule has 0 radical (unpaired) electrons. The van der Waals surface area contributed by atoms with E-state index in [1.807, 2.05) is 18.2 Å². The minimum Gasteiger partial charge on any atom is -0.314 e. The average molecular weight is 354 g/mol. The van der Waals surface area contributed by atoms with Gasteiger partial charge in [-0.05, 0) is 17.7 Å². The van der Waals surface area contributed by atoms with Gasteiger partial charge in [-0.25, -0.2) is 12.4 Å². The first-order chi connectivity index (χ1) is 11.0. The molecule has 7 heteroatoms. The molecule has 1 aliphatic heterocycles. The fourth-order valence-corrected chi connectivity index (χ4v) is 4.38. The zero-order valence-electron chi connectivity index (χ0n) is 12.8. The summed E-state index contributed by atoms with van der Waals surface area (Å²) >= 11 is 6.26. The maximum atomic E-state index is 12.3.